The van der Waals surface area contributed by atoms with Gasteiger partial charge >= 0.3 is 5.97 Å². The lowest BCUT2D eigenvalue weighted by Crippen LogP contribution is -2.12. The smallest absolute Gasteiger partial charge is 0.307 e. The number of esters is 1. The number of rotatable bonds is 3. The van der Waals surface area contributed by atoms with Crippen LogP contribution in [0.1, 0.15) is 23.4 Å². The highest BCUT2D eigenvalue weighted by molar-refractivity contribution is 8.14. The molecule has 2 aliphatic rings. The first kappa shape index (κ1) is 14.0. The summed E-state index contributed by atoms with van der Waals surface area (Å²) in [6, 6.07) is 2.09. The van der Waals surface area contributed by atoms with Crippen LogP contribution in [0, 0.1) is 0 Å². The Morgan fingerprint density at radius 1 is 1.62 bits per heavy atom. The molecule has 0 spiro atoms. The fourth-order valence-corrected chi connectivity index (χ4v) is 3.44. The van der Waals surface area contributed by atoms with Gasteiger partial charge in [0.05, 0.1) is 25.3 Å². The van der Waals surface area contributed by atoms with Crippen molar-refractivity contribution in [1.29, 1.82) is 0 Å². The highest BCUT2D eigenvalue weighted by Crippen LogP contribution is 2.27. The summed E-state index contributed by atoms with van der Waals surface area (Å²) in [7, 11) is 1.40. The minimum Gasteiger partial charge on any atom is -0.469 e. The molecule has 0 saturated heterocycles. The average Bonchev–Trinajstić information content (AvgIpc) is 3.03. The molecule has 6 heteroatoms. The Kier molecular flexibility index (Phi) is 3.88. The number of hydrogen-bond donors (Lipinski definition) is 2. The normalized spacial score (nSPS) is 20.5. The van der Waals surface area contributed by atoms with Crippen molar-refractivity contribution < 1.29 is 9.53 Å². The summed E-state index contributed by atoms with van der Waals surface area (Å²) in [5.41, 5.74) is 9.98. The van der Waals surface area contributed by atoms with E-state index in [2.05, 4.69) is 16.0 Å². The van der Waals surface area contributed by atoms with E-state index in [0.29, 0.717) is 12.8 Å². The van der Waals surface area contributed by atoms with Crippen molar-refractivity contribution >= 4 is 28.9 Å². The summed E-state index contributed by atoms with van der Waals surface area (Å²) < 4.78 is 4.69. The molecule has 0 bridgehead atoms. The minimum atomic E-state index is -0.214. The number of carbonyl (C=O) groups is 1. The number of aromatic nitrogens is 1. The molecular formula is C15H17N3O2S. The van der Waals surface area contributed by atoms with Gasteiger partial charge in [-0.3, -0.25) is 9.79 Å². The van der Waals surface area contributed by atoms with Crippen LogP contribution in [0.2, 0.25) is 0 Å². The number of nitrogens with zero attached hydrogens (tertiary/aromatic N) is 1. The molecule has 0 saturated carbocycles. The largest absolute Gasteiger partial charge is 0.469 e. The number of aliphatic imine (C=N–C) groups is 1. The van der Waals surface area contributed by atoms with Crippen LogP contribution < -0.4 is 5.73 Å². The Morgan fingerprint density at radius 3 is 3.29 bits per heavy atom. The van der Waals surface area contributed by atoms with Gasteiger partial charge in [0.25, 0.3) is 0 Å². The van der Waals surface area contributed by atoms with Crippen LogP contribution in [0.15, 0.2) is 28.9 Å². The van der Waals surface area contributed by atoms with Crippen LogP contribution in [0.5, 0.6) is 0 Å². The third-order valence-corrected chi connectivity index (χ3v) is 4.62. The van der Waals surface area contributed by atoms with Crippen LogP contribution in [0.25, 0.3) is 6.08 Å². The fraction of sp³-hybridized carbons (Fsp3) is 0.333. The van der Waals surface area contributed by atoms with Crippen molar-refractivity contribution in [3.05, 3.63) is 40.9 Å². The summed E-state index contributed by atoms with van der Waals surface area (Å²) in [6.45, 7) is 0. The van der Waals surface area contributed by atoms with Crippen LogP contribution >= 0.6 is 11.8 Å². The zero-order valence-electron chi connectivity index (χ0n) is 11.8. The molecule has 0 fully saturated rings. The van der Waals surface area contributed by atoms with Crippen LogP contribution in [-0.2, 0) is 16.0 Å². The van der Waals surface area contributed by atoms with Crippen molar-refractivity contribution in [3.8, 4) is 0 Å². The predicted molar refractivity (Wildman–Crippen MR) is 85.2 cm³/mol. The maximum atomic E-state index is 11.3. The molecule has 0 unspecified atom stereocenters. The quantitative estimate of drug-likeness (QED) is 0.835. The number of H-pyrrole nitrogens is 1. The molecule has 0 radical (unpaired) electrons. The minimum absolute atomic E-state index is 0.000984. The topological polar surface area (TPSA) is 80.5 Å². The zero-order chi connectivity index (χ0) is 14.8. The highest BCUT2D eigenvalue weighted by Gasteiger charge is 2.24. The van der Waals surface area contributed by atoms with E-state index in [1.165, 1.54) is 7.11 Å². The molecule has 1 aromatic rings. The van der Waals surface area contributed by atoms with Crippen molar-refractivity contribution in [2.75, 3.05) is 12.9 Å². The van der Waals surface area contributed by atoms with Gasteiger partial charge in [-0.25, -0.2) is 0 Å². The van der Waals surface area contributed by atoms with E-state index in [0.717, 1.165) is 33.4 Å². The van der Waals surface area contributed by atoms with Crippen LogP contribution in [0.4, 0.5) is 0 Å². The molecule has 1 aromatic heterocycles. The van der Waals surface area contributed by atoms with E-state index in [1.807, 2.05) is 18.2 Å². The number of methoxy groups -OCH3 is 1. The summed E-state index contributed by atoms with van der Waals surface area (Å²) in [5, 5.41) is 0.952. The molecule has 0 amide bonds. The molecule has 3 rings (SSSR count). The molecular weight excluding hydrogens is 286 g/mol. The molecule has 0 aromatic carbocycles. The zero-order valence-corrected chi connectivity index (χ0v) is 12.6. The second kappa shape index (κ2) is 5.81. The first-order valence-corrected chi connectivity index (χ1v) is 7.76. The Balaban J connectivity index is 1.78. The first-order chi connectivity index (χ1) is 10.2. The number of carbonyl (C=O) groups excluding carboxylic acids is 1. The number of allylic oxidation sites excluding steroid dienone is 3. The monoisotopic (exact) mass is 303 g/mol. The second-order valence-corrected chi connectivity index (χ2v) is 6.08. The summed E-state index contributed by atoms with van der Waals surface area (Å²) in [4.78, 5) is 19.3. The number of nitrogens with two attached hydrogens (primary N) is 1. The van der Waals surface area contributed by atoms with Crippen molar-refractivity contribution in [3.63, 3.8) is 0 Å². The number of nitrogens with one attached hydrogen (secondary N) is 1. The van der Waals surface area contributed by atoms with E-state index < -0.39 is 0 Å². The maximum absolute atomic E-state index is 11.3. The van der Waals surface area contributed by atoms with Gasteiger partial charge in [0.1, 0.15) is 5.04 Å². The van der Waals surface area contributed by atoms with E-state index >= 15 is 0 Å². The Labute approximate surface area is 127 Å². The number of fused-ring (bicyclic) bond motifs is 1. The van der Waals surface area contributed by atoms with E-state index in [-0.39, 0.29) is 12.0 Å². The van der Waals surface area contributed by atoms with Crippen molar-refractivity contribution in [2.45, 2.75) is 18.9 Å². The van der Waals surface area contributed by atoms with Gasteiger partial charge in [-0.2, -0.15) is 0 Å². The number of aromatic amines is 1. The highest BCUT2D eigenvalue weighted by atomic mass is 32.2. The van der Waals surface area contributed by atoms with E-state index in [1.54, 1.807) is 11.8 Å². The van der Waals surface area contributed by atoms with Crippen molar-refractivity contribution in [1.82, 2.24) is 4.98 Å². The maximum Gasteiger partial charge on any atom is 0.307 e. The predicted octanol–water partition coefficient (Wildman–Crippen LogP) is 1.85. The third kappa shape index (κ3) is 3.05. The lowest BCUT2D eigenvalue weighted by Gasteiger charge is -2.02. The summed E-state index contributed by atoms with van der Waals surface area (Å²) >= 11 is 1.67. The summed E-state index contributed by atoms with van der Waals surface area (Å²) in [6.07, 6.45) is 6.97. The molecule has 2 heterocycles. The summed E-state index contributed by atoms with van der Waals surface area (Å²) in [5.74, 6) is 0.597. The SMILES string of the molecule is COC(=O)C[C@@H]1CSC(c2cc3c([nH]2)CC(N)=CC=C3)=N1. The number of hydrogen-bond acceptors (Lipinski definition) is 5. The molecule has 1 aliphatic carbocycles. The van der Waals surface area contributed by atoms with Crippen LogP contribution in [0.3, 0.4) is 0 Å². The third-order valence-electron chi connectivity index (χ3n) is 3.47. The first-order valence-electron chi connectivity index (χ1n) is 6.78. The molecule has 5 nitrogen and oxygen atoms in total. The van der Waals surface area contributed by atoms with E-state index in [4.69, 9.17) is 10.5 Å². The fourth-order valence-electron chi connectivity index (χ4n) is 2.41. The molecule has 1 aliphatic heterocycles. The number of ether oxygens (including phenoxy) is 1. The number of thioether (sulfide) groups is 1. The van der Waals surface area contributed by atoms with Gasteiger partial charge in [-0.05, 0) is 17.7 Å². The molecule has 21 heavy (non-hydrogen) atoms. The standard InChI is InChI=1S/C15H17N3O2S/c1-20-14(19)7-11-8-21-15(17-11)13-5-9-3-2-4-10(16)6-12(9)18-13/h2-5,11,18H,6-8,16H2,1H3/t11-/m1/s1. The Hall–Kier alpha value is -1.95. The van der Waals surface area contributed by atoms with Gasteiger partial charge in [0.15, 0.2) is 0 Å². The van der Waals surface area contributed by atoms with E-state index in [9.17, 15) is 4.79 Å². The molecule has 110 valence electrons. The second-order valence-electron chi connectivity index (χ2n) is 5.07. The average molecular weight is 303 g/mol. The van der Waals surface area contributed by atoms with Gasteiger partial charge < -0.3 is 15.5 Å². The Bertz CT molecular complexity index is 658. The lowest BCUT2D eigenvalue weighted by molar-refractivity contribution is -0.140. The Morgan fingerprint density at radius 2 is 2.48 bits per heavy atom. The van der Waals surface area contributed by atoms with Gasteiger partial charge in [-0.1, -0.05) is 12.2 Å². The van der Waals surface area contributed by atoms with Gasteiger partial charge in [0, 0.05) is 23.6 Å². The van der Waals surface area contributed by atoms with Gasteiger partial charge in [0.2, 0.25) is 0 Å². The van der Waals surface area contributed by atoms with Crippen molar-refractivity contribution in [2.24, 2.45) is 10.7 Å². The molecule has 3 N–H and O–H groups in total. The molecule has 1 atom stereocenters. The lowest BCUT2D eigenvalue weighted by atomic mass is 10.2. The van der Waals surface area contributed by atoms with Crippen LogP contribution in [-0.4, -0.2) is 34.9 Å². The van der Waals surface area contributed by atoms with Gasteiger partial charge in [-0.15, -0.1) is 11.8 Å².